The van der Waals surface area contributed by atoms with Crippen LogP contribution in [-0.2, 0) is 56.1 Å². The zero-order chi connectivity index (χ0) is 44.1. The SMILES string of the molecule is N[C@@H](Cc1ccc(OC(=O)[C@@H](N)Cc2ccc(OC(=O)[C@@H](N)Cc3ccc(OC(=O)[C@@H](N)Cc4ccc(OC(=O)[C@@H](N)Cc5ccc(O)cc5)cc4)cc3)cc2)cc1)C(=O)O. The fourth-order valence-electron chi connectivity index (χ4n) is 5.86. The van der Waals surface area contributed by atoms with E-state index >= 15 is 0 Å². The maximum absolute atomic E-state index is 12.8. The molecule has 0 aliphatic rings. The Bertz CT molecular complexity index is 2270. The van der Waals surface area contributed by atoms with Crippen LogP contribution in [0.3, 0.4) is 0 Å². The highest BCUT2D eigenvalue weighted by molar-refractivity contribution is 5.80. The number of aromatic hydroxyl groups is 1. The summed E-state index contributed by atoms with van der Waals surface area (Å²) < 4.78 is 21.6. The summed E-state index contributed by atoms with van der Waals surface area (Å²) in [6, 6.07) is 27.1. The van der Waals surface area contributed by atoms with Crippen molar-refractivity contribution in [3.8, 4) is 28.7 Å². The fourth-order valence-corrected chi connectivity index (χ4v) is 5.86. The molecule has 16 heteroatoms. The molecule has 0 aromatic heterocycles. The van der Waals surface area contributed by atoms with Crippen LogP contribution in [0.2, 0.25) is 0 Å². The van der Waals surface area contributed by atoms with E-state index in [2.05, 4.69) is 0 Å². The van der Waals surface area contributed by atoms with Gasteiger partial charge in [-0.2, -0.15) is 0 Å². The minimum Gasteiger partial charge on any atom is -0.508 e. The first-order valence-electron chi connectivity index (χ1n) is 19.1. The number of esters is 4. The van der Waals surface area contributed by atoms with Gasteiger partial charge in [-0.1, -0.05) is 60.7 Å². The van der Waals surface area contributed by atoms with Crippen LogP contribution in [0.1, 0.15) is 27.8 Å². The van der Waals surface area contributed by atoms with E-state index in [1.54, 1.807) is 97.1 Å². The van der Waals surface area contributed by atoms with Crippen LogP contribution < -0.4 is 47.6 Å². The predicted octanol–water partition coefficient (Wildman–Crippen LogP) is 2.25. The maximum atomic E-state index is 12.8. The Morgan fingerprint density at radius 2 is 0.557 bits per heavy atom. The molecule has 5 atom stereocenters. The molecule has 0 fully saturated rings. The molecule has 318 valence electrons. The minimum atomic E-state index is -1.11. The predicted molar refractivity (Wildman–Crippen MR) is 222 cm³/mol. The third-order valence-electron chi connectivity index (χ3n) is 9.31. The van der Waals surface area contributed by atoms with Crippen molar-refractivity contribution in [2.75, 3.05) is 0 Å². The number of hydrogen-bond acceptors (Lipinski definition) is 15. The van der Waals surface area contributed by atoms with Crippen LogP contribution in [0.25, 0.3) is 0 Å². The van der Waals surface area contributed by atoms with Gasteiger partial charge in [-0.3, -0.25) is 4.79 Å². The van der Waals surface area contributed by atoms with E-state index in [0.29, 0.717) is 22.3 Å². The van der Waals surface area contributed by atoms with Gasteiger partial charge >= 0.3 is 29.8 Å². The van der Waals surface area contributed by atoms with Crippen LogP contribution in [0.15, 0.2) is 121 Å². The number of aliphatic carboxylic acids is 1. The van der Waals surface area contributed by atoms with Gasteiger partial charge in [0.1, 0.15) is 59.0 Å². The van der Waals surface area contributed by atoms with Gasteiger partial charge in [0.05, 0.1) is 0 Å². The molecule has 0 saturated carbocycles. The Hall–Kier alpha value is -6.95. The Kier molecular flexibility index (Phi) is 15.8. The Morgan fingerprint density at radius 1 is 0.361 bits per heavy atom. The topological polar surface area (TPSA) is 293 Å². The molecule has 5 rings (SSSR count). The highest BCUT2D eigenvalue weighted by Crippen LogP contribution is 2.20. The van der Waals surface area contributed by atoms with Crippen molar-refractivity contribution in [3.05, 3.63) is 149 Å². The number of carboxylic acids is 1. The van der Waals surface area contributed by atoms with Crippen LogP contribution in [0, 0.1) is 0 Å². The molecule has 0 radical (unpaired) electrons. The van der Waals surface area contributed by atoms with E-state index in [-0.39, 0.29) is 60.9 Å². The molecule has 0 heterocycles. The van der Waals surface area contributed by atoms with E-state index in [4.69, 9.17) is 52.7 Å². The van der Waals surface area contributed by atoms with Crippen LogP contribution >= 0.6 is 0 Å². The fraction of sp³-hybridized carbons (Fsp3) is 0.222. The molecule has 16 nitrogen and oxygen atoms in total. The normalized spacial score (nSPS) is 13.5. The number of rotatable bonds is 19. The highest BCUT2D eigenvalue weighted by atomic mass is 16.5. The summed E-state index contributed by atoms with van der Waals surface area (Å²) in [4.78, 5) is 61.5. The summed E-state index contributed by atoms with van der Waals surface area (Å²) in [5, 5.41) is 18.4. The molecular formula is C45H47N5O11. The van der Waals surface area contributed by atoms with Gasteiger partial charge in [-0.15, -0.1) is 0 Å². The summed E-state index contributed by atoms with van der Waals surface area (Å²) in [6.45, 7) is 0. The molecule has 0 aliphatic carbocycles. The monoisotopic (exact) mass is 833 g/mol. The summed E-state index contributed by atoms with van der Waals surface area (Å²) in [7, 11) is 0. The number of ether oxygens (including phenoxy) is 4. The minimum absolute atomic E-state index is 0.112. The van der Waals surface area contributed by atoms with Gasteiger partial charge in [-0.05, 0) is 121 Å². The second-order valence-electron chi connectivity index (χ2n) is 14.3. The number of benzene rings is 5. The first-order chi connectivity index (χ1) is 29.1. The second kappa shape index (κ2) is 21.3. The van der Waals surface area contributed by atoms with Gasteiger partial charge in [0.25, 0.3) is 0 Å². The van der Waals surface area contributed by atoms with Crippen molar-refractivity contribution in [2.24, 2.45) is 28.7 Å². The maximum Gasteiger partial charge on any atom is 0.328 e. The van der Waals surface area contributed by atoms with Crippen LogP contribution in [0.4, 0.5) is 0 Å². The van der Waals surface area contributed by atoms with Crippen LogP contribution in [-0.4, -0.2) is 70.3 Å². The molecule has 12 N–H and O–H groups in total. The molecule has 5 aromatic carbocycles. The second-order valence-corrected chi connectivity index (χ2v) is 14.3. The number of phenolic OH excluding ortho intramolecular Hbond substituents is 1. The number of carbonyl (C=O) groups excluding carboxylic acids is 4. The number of carboxylic acid groups (broad SMARTS) is 1. The van der Waals surface area contributed by atoms with Gasteiger partial charge in [0, 0.05) is 0 Å². The number of hydrogen-bond donors (Lipinski definition) is 7. The molecule has 0 aliphatic heterocycles. The van der Waals surface area contributed by atoms with E-state index in [9.17, 15) is 29.1 Å². The Balaban J connectivity index is 1.01. The average Bonchev–Trinajstić information content (AvgIpc) is 3.24. The average molecular weight is 834 g/mol. The third-order valence-corrected chi connectivity index (χ3v) is 9.31. The summed E-state index contributed by atoms with van der Waals surface area (Å²) in [5.74, 6) is -2.62. The van der Waals surface area contributed by atoms with Gasteiger partial charge in [0.2, 0.25) is 0 Å². The molecule has 0 amide bonds. The van der Waals surface area contributed by atoms with Crippen molar-refractivity contribution in [1.29, 1.82) is 0 Å². The number of carbonyl (C=O) groups is 5. The first-order valence-corrected chi connectivity index (χ1v) is 19.1. The summed E-state index contributed by atoms with van der Waals surface area (Å²) in [6.07, 6.45) is 0.790. The van der Waals surface area contributed by atoms with Crippen molar-refractivity contribution < 1.29 is 53.1 Å². The molecule has 0 saturated heterocycles. The molecule has 0 spiro atoms. The Morgan fingerprint density at radius 3 is 0.770 bits per heavy atom. The van der Waals surface area contributed by atoms with E-state index in [1.165, 1.54) is 24.3 Å². The van der Waals surface area contributed by atoms with Gasteiger partial charge < -0.3 is 57.8 Å². The largest absolute Gasteiger partial charge is 0.508 e. The molecule has 5 aromatic rings. The van der Waals surface area contributed by atoms with Crippen molar-refractivity contribution >= 4 is 29.8 Å². The zero-order valence-electron chi connectivity index (χ0n) is 32.9. The zero-order valence-corrected chi connectivity index (χ0v) is 32.9. The van der Waals surface area contributed by atoms with Gasteiger partial charge in [-0.25, -0.2) is 19.2 Å². The lowest BCUT2D eigenvalue weighted by Gasteiger charge is -2.14. The first kappa shape index (κ1) is 45.1. The number of nitrogens with two attached hydrogens (primary N) is 5. The van der Waals surface area contributed by atoms with Gasteiger partial charge in [0.15, 0.2) is 0 Å². The highest BCUT2D eigenvalue weighted by Gasteiger charge is 2.22. The van der Waals surface area contributed by atoms with Crippen LogP contribution in [0.5, 0.6) is 28.7 Å². The molecular weight excluding hydrogens is 787 g/mol. The lowest BCUT2D eigenvalue weighted by atomic mass is 10.1. The van der Waals surface area contributed by atoms with E-state index in [0.717, 1.165) is 5.56 Å². The van der Waals surface area contributed by atoms with Crippen molar-refractivity contribution in [2.45, 2.75) is 62.3 Å². The summed E-state index contributed by atoms with van der Waals surface area (Å²) in [5.41, 5.74) is 33.4. The lowest BCUT2D eigenvalue weighted by molar-refractivity contribution is -0.139. The van der Waals surface area contributed by atoms with E-state index < -0.39 is 60.1 Å². The molecule has 61 heavy (non-hydrogen) atoms. The third kappa shape index (κ3) is 14.1. The van der Waals surface area contributed by atoms with E-state index in [1.807, 2.05) is 0 Å². The molecule has 0 unspecified atom stereocenters. The smallest absolute Gasteiger partial charge is 0.328 e. The van der Waals surface area contributed by atoms with Crippen molar-refractivity contribution in [1.82, 2.24) is 0 Å². The standard InChI is InChI=1S/C45H47N5O11/c46-36(41(52)53)21-27-3-13-32(14-4-27)58-43(55)38(48)23-29-7-17-34(18-8-29)60-45(57)40(50)25-30-9-19-35(20-10-30)61-44(56)39(49)24-28-5-15-33(16-6-28)59-42(54)37(47)22-26-1-11-31(51)12-2-26/h1-20,36-40,51H,21-25,46-50H2,(H,52,53)/t36-,37-,38-,39-,40-/m0/s1. The lowest BCUT2D eigenvalue weighted by Crippen LogP contribution is -2.36. The summed E-state index contributed by atoms with van der Waals surface area (Å²) >= 11 is 0. The number of phenols is 1. The Labute approximate surface area is 351 Å². The quantitative estimate of drug-likeness (QED) is 0.0464. The van der Waals surface area contributed by atoms with Crippen molar-refractivity contribution in [3.63, 3.8) is 0 Å². The molecule has 0 bridgehead atoms.